The lowest BCUT2D eigenvalue weighted by molar-refractivity contribution is -0.174. The molecule has 6 heteroatoms. The summed E-state index contributed by atoms with van der Waals surface area (Å²) in [6, 6.07) is 0.372. The Morgan fingerprint density at radius 1 is 1.30 bits per heavy atom. The van der Waals surface area contributed by atoms with Crippen molar-refractivity contribution in [1.29, 1.82) is 0 Å². The minimum atomic E-state index is -4.23. The van der Waals surface area contributed by atoms with Gasteiger partial charge in [-0.05, 0) is 32.7 Å². The van der Waals surface area contributed by atoms with Crippen molar-refractivity contribution in [3.05, 3.63) is 0 Å². The first-order chi connectivity index (χ1) is 9.32. The van der Waals surface area contributed by atoms with Crippen molar-refractivity contribution in [3.63, 3.8) is 0 Å². The molecule has 0 spiro atoms. The topological polar surface area (TPSA) is 24.5 Å². The van der Waals surface area contributed by atoms with Gasteiger partial charge in [0, 0.05) is 24.7 Å². The Bertz CT molecular complexity index is 280. The van der Waals surface area contributed by atoms with Crippen molar-refractivity contribution in [2.24, 2.45) is 0 Å². The average molecular weight is 296 g/mol. The number of nitrogens with one attached hydrogen (secondary N) is 1. The largest absolute Gasteiger partial charge is 0.411 e. The number of hydrogen-bond acceptors (Lipinski definition) is 3. The van der Waals surface area contributed by atoms with Gasteiger partial charge in [-0.25, -0.2) is 0 Å². The van der Waals surface area contributed by atoms with E-state index in [1.165, 1.54) is 0 Å². The van der Waals surface area contributed by atoms with Crippen LogP contribution in [0.3, 0.4) is 0 Å². The summed E-state index contributed by atoms with van der Waals surface area (Å²) in [4.78, 5) is 2.25. The molecule has 120 valence electrons. The molecule has 0 aliphatic carbocycles. The number of ether oxygens (including phenoxy) is 1. The van der Waals surface area contributed by atoms with E-state index in [9.17, 15) is 13.2 Å². The van der Waals surface area contributed by atoms with Crippen molar-refractivity contribution < 1.29 is 17.9 Å². The van der Waals surface area contributed by atoms with Crippen LogP contribution < -0.4 is 5.32 Å². The highest BCUT2D eigenvalue weighted by molar-refractivity contribution is 4.93. The smallest absolute Gasteiger partial charge is 0.371 e. The predicted octanol–water partition coefficient (Wildman–Crippen LogP) is 2.81. The van der Waals surface area contributed by atoms with Crippen molar-refractivity contribution in [1.82, 2.24) is 10.2 Å². The van der Waals surface area contributed by atoms with Gasteiger partial charge in [0.25, 0.3) is 0 Å². The fourth-order valence-electron chi connectivity index (χ4n) is 2.72. The van der Waals surface area contributed by atoms with Gasteiger partial charge in [0.05, 0.1) is 6.61 Å². The maximum atomic E-state index is 12.0. The van der Waals surface area contributed by atoms with Crippen LogP contribution in [0.2, 0.25) is 0 Å². The zero-order valence-corrected chi connectivity index (χ0v) is 12.7. The van der Waals surface area contributed by atoms with Crippen LogP contribution in [0.1, 0.15) is 40.0 Å². The average Bonchev–Trinajstić information content (AvgIpc) is 2.54. The first kappa shape index (κ1) is 17.7. The van der Waals surface area contributed by atoms with Gasteiger partial charge in [-0.3, -0.25) is 4.90 Å². The summed E-state index contributed by atoms with van der Waals surface area (Å²) in [5.41, 5.74) is 0.0782. The molecule has 0 aromatic heterocycles. The van der Waals surface area contributed by atoms with Crippen LogP contribution in [-0.4, -0.2) is 55.5 Å². The second-order valence-electron chi connectivity index (χ2n) is 5.69. The van der Waals surface area contributed by atoms with Crippen LogP contribution in [0, 0.1) is 0 Å². The van der Waals surface area contributed by atoms with Crippen LogP contribution in [0.5, 0.6) is 0 Å². The van der Waals surface area contributed by atoms with Crippen molar-refractivity contribution in [2.75, 3.05) is 32.8 Å². The summed E-state index contributed by atoms with van der Waals surface area (Å²) in [5, 5.41) is 3.61. The fourth-order valence-corrected chi connectivity index (χ4v) is 2.72. The van der Waals surface area contributed by atoms with E-state index < -0.39 is 12.8 Å². The number of nitrogens with zero attached hydrogens (tertiary/aromatic N) is 1. The van der Waals surface area contributed by atoms with E-state index in [1.807, 2.05) is 0 Å². The lowest BCUT2D eigenvalue weighted by Crippen LogP contribution is -2.52. The highest BCUT2D eigenvalue weighted by Crippen LogP contribution is 2.22. The Morgan fingerprint density at radius 3 is 2.50 bits per heavy atom. The molecular weight excluding hydrogens is 269 g/mol. The first-order valence-corrected chi connectivity index (χ1v) is 7.45. The molecule has 1 rings (SSSR count). The fraction of sp³-hybridized carbons (Fsp3) is 1.00. The summed E-state index contributed by atoms with van der Waals surface area (Å²) >= 11 is 0. The number of rotatable bonds is 6. The zero-order chi connectivity index (χ0) is 15.2. The van der Waals surface area contributed by atoms with E-state index in [2.05, 4.69) is 31.0 Å². The molecule has 1 heterocycles. The van der Waals surface area contributed by atoms with E-state index in [1.54, 1.807) is 0 Å². The summed E-state index contributed by atoms with van der Waals surface area (Å²) in [6.07, 6.45) is -1.17. The Hall–Kier alpha value is -0.330. The van der Waals surface area contributed by atoms with Gasteiger partial charge in [0.1, 0.15) is 6.61 Å². The standard InChI is InChI=1S/C14H27F3N2O/c1-4-13(5-2)10-19(12(3)6-7-18-13)8-9-20-11-14(15,16)17/h12,18H,4-11H2,1-3H3. The molecule has 0 radical (unpaired) electrons. The molecule has 0 saturated carbocycles. The van der Waals surface area contributed by atoms with E-state index >= 15 is 0 Å². The van der Waals surface area contributed by atoms with Crippen LogP contribution in [0.4, 0.5) is 13.2 Å². The lowest BCUT2D eigenvalue weighted by Gasteiger charge is -2.37. The van der Waals surface area contributed by atoms with Gasteiger partial charge >= 0.3 is 6.18 Å². The molecule has 0 aromatic rings. The summed E-state index contributed by atoms with van der Waals surface area (Å²) in [6.45, 7) is 7.82. The summed E-state index contributed by atoms with van der Waals surface area (Å²) in [5.74, 6) is 0. The van der Waals surface area contributed by atoms with Gasteiger partial charge in [-0.2, -0.15) is 13.2 Å². The summed E-state index contributed by atoms with van der Waals surface area (Å²) < 4.78 is 40.9. The number of alkyl halides is 3. The molecule has 1 atom stereocenters. The molecule has 0 aromatic carbocycles. The molecule has 1 unspecified atom stereocenters. The molecule has 0 bridgehead atoms. The Kier molecular flexibility index (Phi) is 6.75. The van der Waals surface area contributed by atoms with E-state index in [4.69, 9.17) is 4.74 Å². The third kappa shape index (κ3) is 5.58. The van der Waals surface area contributed by atoms with Crippen LogP contribution >= 0.6 is 0 Å². The number of halogens is 3. The summed E-state index contributed by atoms with van der Waals surface area (Å²) in [7, 11) is 0. The van der Waals surface area contributed by atoms with Crippen molar-refractivity contribution >= 4 is 0 Å². The van der Waals surface area contributed by atoms with E-state index in [-0.39, 0.29) is 12.1 Å². The molecule has 1 fully saturated rings. The minimum Gasteiger partial charge on any atom is -0.371 e. The Balaban J connectivity index is 2.48. The van der Waals surface area contributed by atoms with Crippen LogP contribution in [0.25, 0.3) is 0 Å². The maximum Gasteiger partial charge on any atom is 0.411 e. The monoisotopic (exact) mass is 296 g/mol. The second kappa shape index (κ2) is 7.61. The molecule has 0 amide bonds. The highest BCUT2D eigenvalue weighted by atomic mass is 19.4. The zero-order valence-electron chi connectivity index (χ0n) is 12.7. The van der Waals surface area contributed by atoms with Gasteiger partial charge in [0.2, 0.25) is 0 Å². The third-order valence-corrected chi connectivity index (χ3v) is 4.33. The second-order valence-corrected chi connectivity index (χ2v) is 5.69. The van der Waals surface area contributed by atoms with Crippen LogP contribution in [0.15, 0.2) is 0 Å². The molecule has 1 N–H and O–H groups in total. The Morgan fingerprint density at radius 2 is 1.95 bits per heavy atom. The van der Waals surface area contributed by atoms with E-state index in [0.29, 0.717) is 12.6 Å². The van der Waals surface area contributed by atoms with E-state index in [0.717, 1.165) is 32.4 Å². The maximum absolute atomic E-state index is 12.0. The van der Waals surface area contributed by atoms with Crippen LogP contribution in [-0.2, 0) is 4.74 Å². The minimum absolute atomic E-state index is 0.0782. The Labute approximate surface area is 119 Å². The molecule has 1 aliphatic heterocycles. The van der Waals surface area contributed by atoms with Gasteiger partial charge < -0.3 is 10.1 Å². The molecular formula is C14H27F3N2O. The van der Waals surface area contributed by atoms with Gasteiger partial charge in [-0.1, -0.05) is 13.8 Å². The quantitative estimate of drug-likeness (QED) is 0.763. The highest BCUT2D eigenvalue weighted by Gasteiger charge is 2.33. The van der Waals surface area contributed by atoms with Crippen molar-refractivity contribution in [2.45, 2.75) is 57.8 Å². The third-order valence-electron chi connectivity index (χ3n) is 4.33. The number of hydrogen-bond donors (Lipinski definition) is 1. The van der Waals surface area contributed by atoms with Crippen molar-refractivity contribution in [3.8, 4) is 0 Å². The molecule has 1 saturated heterocycles. The predicted molar refractivity (Wildman–Crippen MR) is 73.8 cm³/mol. The normalized spacial score (nSPS) is 24.6. The molecule has 20 heavy (non-hydrogen) atoms. The molecule has 3 nitrogen and oxygen atoms in total. The SMILES string of the molecule is CCC1(CC)CN(CCOCC(F)(F)F)C(C)CCN1. The first-order valence-electron chi connectivity index (χ1n) is 7.45. The van der Waals surface area contributed by atoms with Gasteiger partial charge in [0.15, 0.2) is 0 Å². The van der Waals surface area contributed by atoms with Gasteiger partial charge in [-0.15, -0.1) is 0 Å². The molecule has 1 aliphatic rings. The lowest BCUT2D eigenvalue weighted by atomic mass is 9.92.